The number of benzene rings is 6. The van der Waals surface area contributed by atoms with Gasteiger partial charge in [-0.1, -0.05) is 199 Å². The number of likely N-dealkylation sites (N-methyl/N-ethyl adjacent to an activating group) is 2. The van der Waals surface area contributed by atoms with Crippen LogP contribution in [0.5, 0.6) is 0 Å². The van der Waals surface area contributed by atoms with E-state index in [9.17, 15) is 27.6 Å². The summed E-state index contributed by atoms with van der Waals surface area (Å²) in [6.45, 7) is 92.7. The monoisotopic (exact) mass is 1930 g/mol. The number of esters is 1. The molecule has 0 unspecified atom stereocenters. The van der Waals surface area contributed by atoms with Crippen molar-refractivity contribution in [1.29, 1.82) is 0 Å². The summed E-state index contributed by atoms with van der Waals surface area (Å²) in [5.41, 5.74) is 16.1. The van der Waals surface area contributed by atoms with Crippen LogP contribution in [0.4, 0.5) is 17.1 Å². The predicted molar refractivity (Wildman–Crippen MR) is 586 cm³/mol. The minimum atomic E-state index is -3.12. The van der Waals surface area contributed by atoms with Crippen molar-refractivity contribution in [3.63, 3.8) is 0 Å². The molecule has 7 aliphatic rings. The Morgan fingerprint density at radius 3 is 1.28 bits per heavy atom. The summed E-state index contributed by atoms with van der Waals surface area (Å²) in [4.78, 5) is 73.5. The van der Waals surface area contributed by atoms with E-state index in [2.05, 4.69) is 348 Å². The summed E-state index contributed by atoms with van der Waals surface area (Å²) >= 11 is 0. The van der Waals surface area contributed by atoms with Crippen molar-refractivity contribution in [3.8, 4) is 0 Å². The van der Waals surface area contributed by atoms with Crippen molar-refractivity contribution in [2.24, 2.45) is 4.99 Å². The van der Waals surface area contributed by atoms with E-state index in [1.807, 2.05) is 103 Å². The summed E-state index contributed by atoms with van der Waals surface area (Å²) < 4.78 is 34.9. The Balaban J connectivity index is 0.000000322. The number of likely N-dealkylation sites (tertiary alicyclic amines) is 1. The maximum absolute atomic E-state index is 12.1. The van der Waals surface area contributed by atoms with Crippen molar-refractivity contribution in [2.45, 2.75) is 315 Å². The van der Waals surface area contributed by atoms with Crippen molar-refractivity contribution in [1.82, 2.24) is 54.6 Å². The highest BCUT2D eigenvalue weighted by molar-refractivity contribution is 7.88. The first-order valence-corrected chi connectivity index (χ1v) is 52.7. The number of nitrogens with one attached hydrogen (secondary N) is 3. The van der Waals surface area contributed by atoms with E-state index in [-0.39, 0.29) is 56.4 Å². The minimum Gasteiger partial charge on any atom is -0.461 e. The fraction of sp³-hybridized carbons (Fsp3) is 0.643. The molecular formula is C115H192N14O8S. The molecule has 138 heavy (non-hydrogen) atoms. The molecule has 7 heterocycles. The molecule has 776 valence electrons. The molecule has 0 radical (unpaired) electrons. The standard InChI is InChI=1S/C15H23NO2.C14H20N2O.C14H22N2.C13H19NO.C13H17N.C12H19NO2S.C9H20N2.C9H19N.C8H16N2O.C8H17NO/c1-15(2,3)13-8-6-7-12(11-13)14(17)18-10-9-16(4)5;1-14(2,3)15-9-10-16(13(17)11-15)12-7-5-4-6-8-12;1-14(2,3)16-11-9-15(10-12-16)13-7-5-4-6-8-13;1-10(15)14-9-11-6-5-7-12(8-11)13(2,3)4;1-9-7-10-8-11(13(2,3)4)5-6-12(10)14-9;1-12(2,3)11-7-5-6-10(8-11)9-13-16(4,14)15;1-9(2,3)11-7-5-10(4)6-8-11;1-9(2,3)10-7-5-4-6-8-10;1-8(2,3)10-5-4-9-7(11)6-10;1-8(2,3)9-4-6-10-7-5-9/h6-8,11H,9-10H2,1-5H3;4-8H,9-11H2,1-3H3;4-8H,9-12H2,1-3H3;5-8H,9H2,1-4H3,(H,14,15);5-6,8H,7H2,1-4H3;5-8,13H,9H2,1-4H3;5-8H2,1-4H3;4-8H2,1-3H3;4-6H2,1-3H3,(H,9,11);4-7H2,1-3H3. The number of aliphatic imine (C=N–C) groups is 1. The van der Waals surface area contributed by atoms with Gasteiger partial charge in [-0.3, -0.25) is 48.8 Å². The van der Waals surface area contributed by atoms with Crippen LogP contribution in [0.1, 0.15) is 290 Å². The molecule has 6 fully saturated rings. The third kappa shape index (κ3) is 48.3. The number of anilines is 2. The number of para-hydroxylation sites is 2. The second-order valence-corrected chi connectivity index (χ2v) is 50.0. The molecule has 0 spiro atoms. The number of carbonyl (C=O) groups is 4. The highest BCUT2D eigenvalue weighted by Gasteiger charge is 2.34. The maximum atomic E-state index is 12.1. The van der Waals surface area contributed by atoms with Crippen LogP contribution in [-0.4, -0.2) is 282 Å². The summed E-state index contributed by atoms with van der Waals surface area (Å²) in [5.74, 6) is 0.0997. The van der Waals surface area contributed by atoms with Gasteiger partial charge in [-0.05, 0) is 282 Å². The zero-order valence-corrected chi connectivity index (χ0v) is 94.1. The van der Waals surface area contributed by atoms with E-state index < -0.39 is 10.0 Å². The third-order valence-corrected chi connectivity index (χ3v) is 26.1. The number of sulfonamides is 1. The van der Waals surface area contributed by atoms with Crippen molar-refractivity contribution >= 4 is 56.5 Å². The lowest BCUT2D eigenvalue weighted by molar-refractivity contribution is -0.126. The second-order valence-electron chi connectivity index (χ2n) is 48.1. The Morgan fingerprint density at radius 2 is 0.862 bits per heavy atom. The molecular weight excluding hydrogens is 1740 g/mol. The number of hydrogen-bond acceptors (Lipinski definition) is 18. The van der Waals surface area contributed by atoms with Gasteiger partial charge in [0.1, 0.15) is 6.61 Å². The van der Waals surface area contributed by atoms with Gasteiger partial charge in [0.25, 0.3) is 0 Å². The number of ether oxygens (including phenoxy) is 2. The van der Waals surface area contributed by atoms with Gasteiger partial charge >= 0.3 is 5.97 Å². The Kier molecular flexibility index (Phi) is 49.5. The second kappa shape index (κ2) is 55.7. The van der Waals surface area contributed by atoms with Crippen LogP contribution >= 0.6 is 0 Å². The van der Waals surface area contributed by atoms with Crippen molar-refractivity contribution < 1.29 is 37.1 Å². The van der Waals surface area contributed by atoms with Crippen molar-refractivity contribution in [2.75, 3.05) is 181 Å². The van der Waals surface area contributed by atoms with E-state index in [0.717, 1.165) is 107 Å². The van der Waals surface area contributed by atoms with Gasteiger partial charge in [0, 0.05) is 175 Å². The molecule has 6 aromatic carbocycles. The van der Waals surface area contributed by atoms with Gasteiger partial charge in [0.15, 0.2) is 0 Å². The Labute approximate surface area is 840 Å². The molecule has 7 aliphatic heterocycles. The van der Waals surface area contributed by atoms with Gasteiger partial charge in [-0.25, -0.2) is 17.9 Å². The smallest absolute Gasteiger partial charge is 0.338 e. The number of piperidine rings is 1. The van der Waals surface area contributed by atoms with Crippen LogP contribution in [0.25, 0.3) is 0 Å². The lowest BCUT2D eigenvalue weighted by Gasteiger charge is -2.43. The highest BCUT2D eigenvalue weighted by atomic mass is 32.2. The highest BCUT2D eigenvalue weighted by Crippen LogP contribution is 2.34. The number of carbonyl (C=O) groups excluding carboxylic acids is 4. The number of amides is 3. The Morgan fingerprint density at radius 1 is 0.449 bits per heavy atom. The van der Waals surface area contributed by atoms with E-state index in [0.29, 0.717) is 60.5 Å². The van der Waals surface area contributed by atoms with E-state index in [1.165, 1.54) is 118 Å². The van der Waals surface area contributed by atoms with Crippen LogP contribution in [0.3, 0.4) is 0 Å². The first-order valence-electron chi connectivity index (χ1n) is 50.8. The third-order valence-electron chi connectivity index (χ3n) is 25.4. The number of piperazine rings is 4. The summed E-state index contributed by atoms with van der Waals surface area (Å²) in [6, 6.07) is 51.2. The number of hydrogen-bond donors (Lipinski definition) is 3. The molecule has 6 saturated heterocycles. The predicted octanol–water partition coefficient (Wildman–Crippen LogP) is 20.4. The lowest BCUT2D eigenvalue weighted by atomic mass is 9.86. The molecule has 0 bridgehead atoms. The lowest BCUT2D eigenvalue weighted by Crippen LogP contribution is -2.56. The molecule has 0 atom stereocenters. The Bertz CT molecular complexity index is 4680. The average molecular weight is 1930 g/mol. The topological polar surface area (TPSA) is 202 Å². The van der Waals surface area contributed by atoms with E-state index in [1.54, 1.807) is 6.07 Å². The maximum Gasteiger partial charge on any atom is 0.338 e. The molecule has 0 aromatic heterocycles. The molecule has 13 rings (SSSR count). The van der Waals surface area contributed by atoms with Crippen LogP contribution in [0.15, 0.2) is 157 Å². The van der Waals surface area contributed by atoms with Crippen molar-refractivity contribution in [3.05, 3.63) is 196 Å². The molecule has 3 amide bonds. The van der Waals surface area contributed by atoms with Gasteiger partial charge in [-0.15, -0.1) is 0 Å². The number of nitrogens with zero attached hydrogens (tertiary/aromatic N) is 11. The first kappa shape index (κ1) is 123. The number of morpholine rings is 1. The SMILES string of the molecule is CC(=O)NCc1cccc(C(C)(C)C)c1.CC(C)(C)N1CCCCC1.CC(C)(C)N1CCN(c2ccccc2)C(=O)C1.CC(C)(C)N1CCN(c2ccccc2)CC1.CC(C)(C)N1CCNC(=O)C1.CC(C)(C)N1CCOCC1.CC(C)(C)c1cccc(CNS(C)(=O)=O)c1.CC1=Nc2ccc(C(C)(C)C)cc2C1.CN(C)CCOC(=O)c1cccc(C(C)(C)C)c1.CN1CCN(C(C)(C)C)CC1. The quantitative estimate of drug-likeness (QED) is 0.103. The zero-order valence-electron chi connectivity index (χ0n) is 93.3. The Hall–Kier alpha value is -7.78. The average Bonchev–Trinajstić information content (AvgIpc) is 1.67. The summed E-state index contributed by atoms with van der Waals surface area (Å²) in [5, 5.41) is 5.61. The largest absolute Gasteiger partial charge is 0.461 e. The fourth-order valence-corrected chi connectivity index (χ4v) is 16.4. The molecule has 23 heteroatoms. The number of rotatable bonds is 11. The van der Waals surface area contributed by atoms with Gasteiger partial charge in [0.2, 0.25) is 27.7 Å². The van der Waals surface area contributed by atoms with E-state index in [4.69, 9.17) is 9.47 Å². The summed E-state index contributed by atoms with van der Waals surface area (Å²) in [7, 11) is 2.98. The van der Waals surface area contributed by atoms with Gasteiger partial charge < -0.3 is 39.7 Å². The minimum absolute atomic E-state index is 0.0103. The van der Waals surface area contributed by atoms with Gasteiger partial charge in [-0.2, -0.15) is 0 Å². The van der Waals surface area contributed by atoms with Crippen LogP contribution < -0.4 is 25.2 Å². The van der Waals surface area contributed by atoms with Crippen LogP contribution in [0, 0.1) is 0 Å². The van der Waals surface area contributed by atoms with E-state index >= 15 is 0 Å². The van der Waals surface area contributed by atoms with Crippen LogP contribution in [-0.2, 0) is 75.1 Å². The number of fused-ring (bicyclic) bond motifs is 1. The zero-order chi connectivity index (χ0) is 104. The molecule has 22 nitrogen and oxygen atoms in total. The molecule has 0 aliphatic carbocycles. The summed E-state index contributed by atoms with van der Waals surface area (Å²) in [6.07, 6.45) is 6.43. The van der Waals surface area contributed by atoms with Crippen LogP contribution in [0.2, 0.25) is 0 Å². The van der Waals surface area contributed by atoms with Gasteiger partial charge in [0.05, 0.1) is 43.8 Å². The molecule has 6 aromatic rings. The molecule has 0 saturated carbocycles. The normalized spacial score (nSPS) is 17.2. The first-order chi connectivity index (χ1) is 63.6. The fourth-order valence-electron chi connectivity index (χ4n) is 16.0. The molecule has 3 N–H and O–H groups in total.